The molecule has 80 heavy (non-hydrogen) atoms. The summed E-state index contributed by atoms with van der Waals surface area (Å²) >= 11 is 0. The van der Waals surface area contributed by atoms with Gasteiger partial charge >= 0.3 is 39.5 Å². The van der Waals surface area contributed by atoms with Gasteiger partial charge in [0.1, 0.15) is 19.3 Å². The van der Waals surface area contributed by atoms with Crippen molar-refractivity contribution >= 4 is 39.5 Å². The van der Waals surface area contributed by atoms with Crippen LogP contribution in [-0.4, -0.2) is 96.7 Å². The third-order valence-electron chi connectivity index (χ3n) is 14.3. The van der Waals surface area contributed by atoms with Gasteiger partial charge in [-0.2, -0.15) is 0 Å². The summed E-state index contributed by atoms with van der Waals surface area (Å²) in [5.41, 5.74) is 0. The first-order chi connectivity index (χ1) is 38.4. The highest BCUT2D eigenvalue weighted by Crippen LogP contribution is 2.45. The highest BCUT2D eigenvalue weighted by Gasteiger charge is 2.30. The van der Waals surface area contributed by atoms with Crippen LogP contribution in [0.1, 0.15) is 298 Å². The smallest absolute Gasteiger partial charge is 0.462 e. The van der Waals surface area contributed by atoms with E-state index in [4.69, 9.17) is 37.0 Å². The first-order valence-electron chi connectivity index (χ1n) is 32.0. The molecule has 17 nitrogen and oxygen atoms in total. The number of ether oxygens (including phenoxy) is 4. The Hall–Kier alpha value is -1.94. The van der Waals surface area contributed by atoms with Crippen LogP contribution in [0.25, 0.3) is 0 Å². The van der Waals surface area contributed by atoms with E-state index in [1.165, 1.54) is 96.3 Å². The fraction of sp³-hybridized carbons (Fsp3) is 0.934. The summed E-state index contributed by atoms with van der Waals surface area (Å²) in [6.07, 6.45) is 35.3. The van der Waals surface area contributed by atoms with E-state index in [2.05, 4.69) is 41.5 Å². The number of carbonyl (C=O) groups excluding carboxylic acids is 4. The zero-order valence-corrected chi connectivity index (χ0v) is 53.2. The van der Waals surface area contributed by atoms with Crippen molar-refractivity contribution in [3.8, 4) is 0 Å². The van der Waals surface area contributed by atoms with Crippen molar-refractivity contribution in [3.63, 3.8) is 0 Å². The van der Waals surface area contributed by atoms with Gasteiger partial charge in [0, 0.05) is 25.7 Å². The summed E-state index contributed by atoms with van der Waals surface area (Å²) in [5.74, 6) is -0.626. The highest BCUT2D eigenvalue weighted by atomic mass is 31.2. The van der Waals surface area contributed by atoms with Gasteiger partial charge in [-0.3, -0.25) is 37.3 Å². The number of unbranched alkanes of at least 4 members (excludes halogenated alkanes) is 29. The summed E-state index contributed by atoms with van der Waals surface area (Å²) in [5, 5.41) is 10.5. The van der Waals surface area contributed by atoms with Gasteiger partial charge in [-0.15, -0.1) is 0 Å². The van der Waals surface area contributed by atoms with E-state index < -0.39 is 97.5 Å². The molecule has 0 aliphatic heterocycles. The van der Waals surface area contributed by atoms with E-state index >= 15 is 0 Å². The van der Waals surface area contributed by atoms with E-state index in [1.807, 2.05) is 0 Å². The molecule has 0 aromatic rings. The number of carbonyl (C=O) groups is 4. The lowest BCUT2D eigenvalue weighted by Crippen LogP contribution is -2.30. The molecule has 474 valence electrons. The molecule has 0 amide bonds. The lowest BCUT2D eigenvalue weighted by molar-refractivity contribution is -0.161. The molecule has 19 heteroatoms. The standard InChI is InChI=1S/C61H118O17P2/c1-7-10-12-14-15-25-33-39-45-60(65)77-56(49-71-58(63)43-37-29-13-11-8-2)51-75-79(67,68)73-47-55(62)48-74-80(69,70)76-52-57(50-72-59(64)44-38-32-28-27-31-36-42-54(6)9-3)78-61(66)46-40-34-26-23-21-19-17-16-18-20-22-24-30-35-41-53(4)5/h53-57,62H,7-52H2,1-6H3,(H,67,68)(H,69,70)/t54?,55-,56+,57+/m0/s1. The molecule has 0 aliphatic carbocycles. The Balaban J connectivity index is 5.14. The minimum Gasteiger partial charge on any atom is -0.462 e. The van der Waals surface area contributed by atoms with Gasteiger partial charge in [0.15, 0.2) is 12.2 Å². The SMILES string of the molecule is CCCCCCCCCCC(=O)O[C@H](COC(=O)CCCCCCC)COP(=O)(O)OC[C@H](O)COP(=O)(O)OC[C@@H](COC(=O)CCCCCCCCC(C)CC)OC(=O)CCCCCCCCCCCCCCCCC(C)C. The molecular weight excluding hydrogens is 1070 g/mol. The van der Waals surface area contributed by atoms with Crippen molar-refractivity contribution in [2.75, 3.05) is 39.6 Å². The molecule has 0 aromatic heterocycles. The zero-order valence-electron chi connectivity index (χ0n) is 51.4. The van der Waals surface area contributed by atoms with Crippen LogP contribution in [0.15, 0.2) is 0 Å². The summed E-state index contributed by atoms with van der Waals surface area (Å²) in [6.45, 7) is 9.34. The Morgan fingerprint density at radius 3 is 0.950 bits per heavy atom. The molecule has 0 radical (unpaired) electrons. The fourth-order valence-electron chi connectivity index (χ4n) is 8.97. The molecule has 3 unspecified atom stereocenters. The first-order valence-corrected chi connectivity index (χ1v) is 35.0. The van der Waals surface area contributed by atoms with Crippen LogP contribution in [-0.2, 0) is 65.4 Å². The van der Waals surface area contributed by atoms with Crippen molar-refractivity contribution < 1.29 is 80.2 Å². The van der Waals surface area contributed by atoms with Gasteiger partial charge in [-0.1, -0.05) is 247 Å². The average Bonchev–Trinajstić information content (AvgIpc) is 3.42. The van der Waals surface area contributed by atoms with Crippen molar-refractivity contribution in [1.82, 2.24) is 0 Å². The van der Waals surface area contributed by atoms with Crippen LogP contribution in [0.2, 0.25) is 0 Å². The Morgan fingerprint density at radius 2 is 0.637 bits per heavy atom. The number of hydrogen-bond donors (Lipinski definition) is 3. The third kappa shape index (κ3) is 54.0. The Labute approximate surface area is 486 Å². The number of phosphoric ester groups is 2. The third-order valence-corrected chi connectivity index (χ3v) is 16.2. The van der Waals surface area contributed by atoms with Gasteiger partial charge in [-0.25, -0.2) is 9.13 Å². The maximum atomic E-state index is 12.9. The Bertz CT molecular complexity index is 1580. The van der Waals surface area contributed by atoms with Crippen molar-refractivity contribution in [1.29, 1.82) is 0 Å². The largest absolute Gasteiger partial charge is 0.472 e. The highest BCUT2D eigenvalue weighted by molar-refractivity contribution is 7.47. The molecule has 0 rings (SSSR count). The minimum absolute atomic E-state index is 0.104. The molecule has 3 N–H and O–H groups in total. The second-order valence-electron chi connectivity index (χ2n) is 22.8. The number of hydrogen-bond acceptors (Lipinski definition) is 15. The predicted octanol–water partition coefficient (Wildman–Crippen LogP) is 16.5. The van der Waals surface area contributed by atoms with E-state index in [0.717, 1.165) is 121 Å². The molecule has 0 spiro atoms. The molecule has 0 saturated heterocycles. The predicted molar refractivity (Wildman–Crippen MR) is 317 cm³/mol. The van der Waals surface area contributed by atoms with Gasteiger partial charge in [-0.05, 0) is 37.5 Å². The molecule has 0 bridgehead atoms. The monoisotopic (exact) mass is 1180 g/mol. The molecule has 0 fully saturated rings. The van der Waals surface area contributed by atoms with E-state index in [1.54, 1.807) is 0 Å². The lowest BCUT2D eigenvalue weighted by atomic mass is 10.00. The van der Waals surface area contributed by atoms with Crippen LogP contribution < -0.4 is 0 Å². The second kappa shape index (κ2) is 53.8. The zero-order chi connectivity index (χ0) is 59.4. The van der Waals surface area contributed by atoms with E-state index in [-0.39, 0.29) is 25.7 Å². The minimum atomic E-state index is -4.94. The molecule has 0 heterocycles. The molecular formula is C61H118O17P2. The first kappa shape index (κ1) is 78.1. The number of esters is 4. The summed E-state index contributed by atoms with van der Waals surface area (Å²) in [7, 11) is -9.87. The van der Waals surface area contributed by atoms with Crippen molar-refractivity contribution in [2.45, 2.75) is 317 Å². The van der Waals surface area contributed by atoms with Gasteiger partial charge in [0.05, 0.1) is 26.4 Å². The van der Waals surface area contributed by atoms with Crippen LogP contribution in [0, 0.1) is 11.8 Å². The molecule has 0 aliphatic rings. The van der Waals surface area contributed by atoms with Crippen LogP contribution in [0.3, 0.4) is 0 Å². The van der Waals surface area contributed by atoms with Gasteiger partial charge in [0.25, 0.3) is 0 Å². The molecule has 0 aromatic carbocycles. The van der Waals surface area contributed by atoms with Crippen molar-refractivity contribution in [3.05, 3.63) is 0 Å². The summed E-state index contributed by atoms with van der Waals surface area (Å²) in [4.78, 5) is 71.7. The number of rotatable bonds is 60. The van der Waals surface area contributed by atoms with E-state index in [9.17, 15) is 43.2 Å². The maximum Gasteiger partial charge on any atom is 0.472 e. The number of aliphatic hydroxyl groups is 1. The lowest BCUT2D eigenvalue weighted by Gasteiger charge is -2.21. The number of phosphoric acid groups is 2. The van der Waals surface area contributed by atoms with Crippen LogP contribution in [0.4, 0.5) is 0 Å². The normalized spacial score (nSPS) is 14.7. The Kier molecular flexibility index (Phi) is 52.5. The Morgan fingerprint density at radius 1 is 0.362 bits per heavy atom. The van der Waals surface area contributed by atoms with Gasteiger partial charge < -0.3 is 33.8 Å². The van der Waals surface area contributed by atoms with Gasteiger partial charge in [0.2, 0.25) is 0 Å². The van der Waals surface area contributed by atoms with E-state index in [0.29, 0.717) is 25.7 Å². The average molecular weight is 1190 g/mol. The second-order valence-corrected chi connectivity index (χ2v) is 25.7. The number of aliphatic hydroxyl groups excluding tert-OH is 1. The maximum absolute atomic E-state index is 12.9. The topological polar surface area (TPSA) is 237 Å². The fourth-order valence-corrected chi connectivity index (χ4v) is 10.5. The van der Waals surface area contributed by atoms with Crippen LogP contribution in [0.5, 0.6) is 0 Å². The molecule has 0 saturated carbocycles. The summed E-state index contributed by atoms with van der Waals surface area (Å²) < 4.78 is 67.6. The van der Waals surface area contributed by atoms with Crippen molar-refractivity contribution in [2.24, 2.45) is 11.8 Å². The molecule has 6 atom stereocenters. The quantitative estimate of drug-likeness (QED) is 0.0222. The summed E-state index contributed by atoms with van der Waals surface area (Å²) in [6, 6.07) is 0. The van der Waals surface area contributed by atoms with Crippen LogP contribution >= 0.6 is 15.6 Å².